The van der Waals surface area contributed by atoms with Crippen molar-refractivity contribution in [3.8, 4) is 0 Å². The van der Waals surface area contributed by atoms with Gasteiger partial charge in [0, 0.05) is 10.8 Å². The Bertz CT molecular complexity index is 450. The maximum absolute atomic E-state index is 9.00. The first-order chi connectivity index (χ1) is 9.56. The summed E-state index contributed by atoms with van der Waals surface area (Å²) in [6, 6.07) is -0.833. The van der Waals surface area contributed by atoms with Crippen molar-refractivity contribution in [2.75, 3.05) is 0 Å². The number of nitrogens with two attached hydrogens (primary N) is 3. The summed E-state index contributed by atoms with van der Waals surface area (Å²) >= 11 is 0. The van der Waals surface area contributed by atoms with Crippen LogP contribution in [0, 0.1) is 15.7 Å². The maximum Gasteiger partial charge on any atom is 0.394 e. The molecule has 140 valence electrons. The highest BCUT2D eigenvalue weighted by Gasteiger charge is 1.84. The molecule has 23 heavy (non-hydrogen) atoms. The maximum atomic E-state index is 9.00. The van der Waals surface area contributed by atoms with Gasteiger partial charge in [-0.3, -0.25) is 13.7 Å². The molecule has 2 amide bonds. The number of carbonyl (C=O) groups excluding carboxylic acids is 3. The third kappa shape index (κ3) is 706. The fourth-order valence-electron chi connectivity index (χ4n) is 0. The van der Waals surface area contributed by atoms with Gasteiger partial charge >= 0.3 is 32.9 Å². The normalized spacial score (nSPS) is 7.04. The number of rotatable bonds is 0. The van der Waals surface area contributed by atoms with Crippen molar-refractivity contribution < 1.29 is 55.6 Å². The molecule has 0 aliphatic rings. The second-order valence-corrected chi connectivity index (χ2v) is 3.46. The van der Waals surface area contributed by atoms with E-state index in [0.717, 1.165) is 0 Å². The molecule has 0 aromatic heterocycles. The van der Waals surface area contributed by atoms with Crippen LogP contribution < -0.4 is 16.6 Å². The van der Waals surface area contributed by atoms with E-state index >= 15 is 0 Å². The molecule has 21 heteroatoms. The second-order valence-electron chi connectivity index (χ2n) is 1.53. The van der Waals surface area contributed by atoms with Crippen molar-refractivity contribution in [3.05, 3.63) is 4.91 Å². The zero-order valence-corrected chi connectivity index (χ0v) is 12.1. The van der Waals surface area contributed by atoms with Crippen LogP contribution in [0.3, 0.4) is 0 Å². The highest BCUT2D eigenvalue weighted by Crippen LogP contribution is 1.59. The zero-order chi connectivity index (χ0) is 20.0. The number of hydrogen-bond acceptors (Lipinski definition) is 11. The molecular formula is C2H12N6O13S2. The number of primary amides is 2. The molecule has 0 aromatic carbocycles. The molecule has 0 aliphatic carbocycles. The summed E-state index contributed by atoms with van der Waals surface area (Å²) in [6.07, 6.45) is 0.250. The van der Waals surface area contributed by atoms with E-state index in [1.165, 1.54) is 5.34 Å². The van der Waals surface area contributed by atoms with Gasteiger partial charge in [0.05, 0.1) is 0 Å². The lowest BCUT2D eigenvalue weighted by molar-refractivity contribution is -0.191. The van der Waals surface area contributed by atoms with E-state index in [0.29, 0.717) is 0 Å². The molecule has 0 spiro atoms. The highest BCUT2D eigenvalue weighted by molar-refractivity contribution is 7.83. The van der Waals surface area contributed by atoms with Gasteiger partial charge in [0.1, 0.15) is 0 Å². The van der Waals surface area contributed by atoms with E-state index in [1.54, 1.807) is 0 Å². The Morgan fingerprint density at radius 3 is 1.00 bits per heavy atom. The summed E-state index contributed by atoms with van der Waals surface area (Å²) in [6.45, 7) is 0. The van der Waals surface area contributed by atoms with Crippen molar-refractivity contribution in [2.45, 2.75) is 0 Å². The lowest BCUT2D eigenvalue weighted by Crippen LogP contribution is -2.18. The predicted molar refractivity (Wildman–Crippen MR) is 63.3 cm³/mol. The molecule has 0 atom stereocenters. The smallest absolute Gasteiger partial charge is 0.394 e. The first-order valence-corrected chi connectivity index (χ1v) is 6.12. The SMILES string of the molecule is N#N.NC(N)=O.NS(=O)(=O)O.O.O=C=O.O=NO.O=S(=O)(O)O. The van der Waals surface area contributed by atoms with Gasteiger partial charge in [0.2, 0.25) is 0 Å². The summed E-state index contributed by atoms with van der Waals surface area (Å²) in [4.78, 5) is 33.4. The van der Waals surface area contributed by atoms with E-state index in [1.807, 2.05) is 0 Å². The van der Waals surface area contributed by atoms with Crippen LogP contribution in [0.25, 0.3) is 0 Å². The fourth-order valence-corrected chi connectivity index (χ4v) is 0. The topological polar surface area (TPSA) is 387 Å². The Hall–Kier alpha value is -2.83. The van der Waals surface area contributed by atoms with Crippen LogP contribution >= 0.6 is 0 Å². The van der Waals surface area contributed by atoms with E-state index < -0.39 is 26.7 Å². The minimum absolute atomic E-state index is 0. The van der Waals surface area contributed by atoms with Gasteiger partial charge in [-0.05, 0) is 0 Å². The Morgan fingerprint density at radius 1 is 1.00 bits per heavy atom. The Morgan fingerprint density at radius 2 is 1.00 bits per heavy atom. The molecule has 12 N–H and O–H groups in total. The van der Waals surface area contributed by atoms with Crippen molar-refractivity contribution in [1.82, 2.24) is 0 Å². The second kappa shape index (κ2) is 31.5. The quantitative estimate of drug-likeness (QED) is 0.0890. The molecule has 0 unspecified atom stereocenters. The number of hydrogen-bond donors (Lipinski definition) is 7. The van der Waals surface area contributed by atoms with Crippen LogP contribution in [0.4, 0.5) is 4.79 Å². The van der Waals surface area contributed by atoms with E-state index in [-0.39, 0.29) is 11.6 Å². The minimum atomic E-state index is -4.67. The molecule has 0 fully saturated rings. The molecule has 0 aromatic rings. The van der Waals surface area contributed by atoms with Crippen molar-refractivity contribution in [1.29, 1.82) is 10.8 Å². The van der Waals surface area contributed by atoms with Crippen LogP contribution in [-0.4, -0.2) is 53.4 Å². The predicted octanol–water partition coefficient (Wildman–Crippen LogP) is -4.12. The third-order valence-electron chi connectivity index (χ3n) is 0. The largest absolute Gasteiger partial charge is 0.412 e. The molecule has 0 saturated heterocycles. The molecular weight excluding hydrogens is 380 g/mol. The standard InChI is InChI=1S/CH4N2O.CO2.N2.H3NO3S.HNO2.H2O4S.H2O/c2-1(3)4;2-1-3;1-2;1-5(2,3)4;2-1-3;1-5(2,3)4;/h(H4,2,3,4);;;(H3,1,2,3,4);(H,2,3);(H2,1,2,3,4);1H2. The fraction of sp³-hybridized carbons (Fsp3) is 0. The average Bonchev–Trinajstić information content (AvgIpc) is 2.15. The van der Waals surface area contributed by atoms with E-state index in [2.05, 4.69) is 16.6 Å². The van der Waals surface area contributed by atoms with Crippen LogP contribution in [0.2, 0.25) is 0 Å². The van der Waals surface area contributed by atoms with E-state index in [4.69, 9.17) is 65.8 Å². The molecule has 19 nitrogen and oxygen atoms in total. The summed E-state index contributed by atoms with van der Waals surface area (Å²) < 4.78 is 56.8. The van der Waals surface area contributed by atoms with Gasteiger partial charge in [-0.25, -0.2) is 9.93 Å². The van der Waals surface area contributed by atoms with E-state index in [9.17, 15) is 0 Å². The number of urea groups is 1. The van der Waals surface area contributed by atoms with Crippen LogP contribution in [0.15, 0.2) is 5.34 Å². The molecule has 0 rings (SSSR count). The lowest BCUT2D eigenvalue weighted by atomic mass is 11.2. The molecule has 0 radical (unpaired) electrons. The van der Waals surface area contributed by atoms with Crippen molar-refractivity contribution in [3.63, 3.8) is 0 Å². The first-order valence-electron chi connectivity index (χ1n) is 3.22. The Balaban J connectivity index is -0.0000000272. The molecule has 0 heterocycles. The molecule has 0 bridgehead atoms. The number of carbonyl (C=O) groups is 1. The van der Waals surface area contributed by atoms with Gasteiger partial charge in [-0.1, -0.05) is 0 Å². The van der Waals surface area contributed by atoms with Crippen LogP contribution in [0.1, 0.15) is 0 Å². The zero-order valence-electron chi connectivity index (χ0n) is 10.4. The third-order valence-corrected chi connectivity index (χ3v) is 0. The van der Waals surface area contributed by atoms with Gasteiger partial charge in [0.15, 0.2) is 5.34 Å². The average molecular weight is 392 g/mol. The van der Waals surface area contributed by atoms with Crippen molar-refractivity contribution in [2.24, 2.45) is 21.9 Å². The summed E-state index contributed by atoms with van der Waals surface area (Å²) in [5, 5.41) is 23.8. The number of nitrogens with zero attached hydrogens (tertiary/aromatic N) is 3. The van der Waals surface area contributed by atoms with Gasteiger partial charge in [-0.15, -0.1) is 4.91 Å². The monoisotopic (exact) mass is 392 g/mol. The Labute approximate surface area is 127 Å². The molecule has 0 saturated carbocycles. The van der Waals surface area contributed by atoms with Gasteiger partial charge in [-0.2, -0.15) is 26.4 Å². The molecule has 0 aliphatic heterocycles. The van der Waals surface area contributed by atoms with Gasteiger partial charge in [0.25, 0.3) is 0 Å². The highest BCUT2D eigenvalue weighted by atomic mass is 32.3. The Kier molecular flexibility index (Phi) is 58.6. The first kappa shape index (κ1) is 42.7. The van der Waals surface area contributed by atoms with Crippen LogP contribution in [0.5, 0.6) is 0 Å². The minimum Gasteiger partial charge on any atom is -0.412 e. The van der Waals surface area contributed by atoms with Crippen molar-refractivity contribution >= 4 is 32.9 Å². The number of amides is 2. The summed E-state index contributed by atoms with van der Waals surface area (Å²) in [5.74, 6) is 0. The summed E-state index contributed by atoms with van der Waals surface area (Å²) in [5.41, 5.74) is 8.50. The van der Waals surface area contributed by atoms with Gasteiger partial charge < -0.3 is 22.2 Å². The lowest BCUT2D eigenvalue weighted by Gasteiger charge is -1.70. The van der Waals surface area contributed by atoms with Crippen LogP contribution in [-0.2, 0) is 30.3 Å². The summed E-state index contributed by atoms with van der Waals surface area (Å²) in [7, 11) is -8.83.